The zero-order chi connectivity index (χ0) is 13.9. The molecule has 8 heteroatoms. The van der Waals surface area contributed by atoms with Crippen LogP contribution in [0.2, 0.25) is 0 Å². The number of hydrogen-bond donors (Lipinski definition) is 2. The predicted molar refractivity (Wildman–Crippen MR) is 68.2 cm³/mol. The van der Waals surface area contributed by atoms with Gasteiger partial charge in [-0.15, -0.1) is 5.10 Å². The van der Waals surface area contributed by atoms with Crippen LogP contribution in [-0.2, 0) is 22.9 Å². The van der Waals surface area contributed by atoms with Gasteiger partial charge in [0.25, 0.3) is 15.2 Å². The quantitative estimate of drug-likeness (QED) is 0.816. The molecular formula is C11H14N4O3S. The highest BCUT2D eigenvalue weighted by Gasteiger charge is 2.14. The lowest BCUT2D eigenvalue weighted by Crippen LogP contribution is -2.14. The third kappa shape index (κ3) is 3.52. The van der Waals surface area contributed by atoms with Crippen molar-refractivity contribution in [2.45, 2.75) is 18.0 Å². The molecule has 3 N–H and O–H groups in total. The Kier molecular flexibility index (Phi) is 3.82. The Morgan fingerprint density at radius 2 is 1.95 bits per heavy atom. The molecule has 0 saturated heterocycles. The number of aryl methyl sites for hydroxylation is 2. The van der Waals surface area contributed by atoms with Crippen molar-refractivity contribution >= 4 is 10.0 Å². The second-order valence-corrected chi connectivity index (χ2v) is 5.41. The minimum atomic E-state index is -3.84. The fraction of sp³-hybridized carbons (Fsp3) is 0.273. The average molecular weight is 282 g/mol. The molecule has 0 amide bonds. The summed E-state index contributed by atoms with van der Waals surface area (Å²) in [5, 5.41) is 10.7. The summed E-state index contributed by atoms with van der Waals surface area (Å²) in [5.74, 6) is 1.28. The summed E-state index contributed by atoms with van der Waals surface area (Å²) in [7, 11) is -2.23. The van der Waals surface area contributed by atoms with Crippen LogP contribution in [0.1, 0.15) is 11.4 Å². The van der Waals surface area contributed by atoms with Crippen LogP contribution in [0, 0.1) is 0 Å². The maximum Gasteiger partial charge on any atom is 0.282 e. The summed E-state index contributed by atoms with van der Waals surface area (Å²) in [5.41, 5.74) is 1.09. The molecule has 0 fully saturated rings. The third-order valence-electron chi connectivity index (χ3n) is 2.58. The molecule has 102 valence electrons. The number of sulfonamides is 1. The standard InChI is InChI=1S/C11H14N4O3S/c1-18-9-5-2-8(3-6-9)4-7-10-13-11(15-14-10)19(12,16)17/h2-3,5-6H,4,7H2,1H3,(H2,12,16,17)(H,13,14,15). The highest BCUT2D eigenvalue weighted by atomic mass is 32.2. The van der Waals surface area contributed by atoms with E-state index in [-0.39, 0.29) is 5.16 Å². The number of H-pyrrole nitrogens is 1. The molecule has 0 aliphatic carbocycles. The molecule has 2 rings (SSSR count). The molecule has 1 aromatic heterocycles. The van der Waals surface area contributed by atoms with Gasteiger partial charge in [0.15, 0.2) is 0 Å². The molecule has 0 bridgehead atoms. The first-order chi connectivity index (χ1) is 8.99. The smallest absolute Gasteiger partial charge is 0.282 e. The van der Waals surface area contributed by atoms with Gasteiger partial charge in [0.1, 0.15) is 11.6 Å². The fourth-order valence-corrected chi connectivity index (χ4v) is 1.98. The highest BCUT2D eigenvalue weighted by Crippen LogP contribution is 2.12. The van der Waals surface area contributed by atoms with Gasteiger partial charge in [0.2, 0.25) is 0 Å². The predicted octanol–water partition coefficient (Wildman–Crippen LogP) is 0.246. The molecule has 0 atom stereocenters. The number of nitrogens with two attached hydrogens (primary N) is 1. The van der Waals surface area contributed by atoms with Crippen LogP contribution >= 0.6 is 0 Å². The van der Waals surface area contributed by atoms with Crippen molar-refractivity contribution in [3.05, 3.63) is 35.7 Å². The molecule has 0 saturated carbocycles. The van der Waals surface area contributed by atoms with Crippen LogP contribution in [0.4, 0.5) is 0 Å². The SMILES string of the molecule is COc1ccc(CCc2nc(S(N)(=O)=O)n[nH]2)cc1. The second-order valence-electron chi connectivity index (χ2n) is 3.96. The molecule has 0 spiro atoms. The number of nitrogens with zero attached hydrogens (tertiary/aromatic N) is 2. The van der Waals surface area contributed by atoms with Crippen molar-refractivity contribution in [3.63, 3.8) is 0 Å². The first kappa shape index (κ1) is 13.5. The molecule has 2 aromatic rings. The van der Waals surface area contributed by atoms with E-state index >= 15 is 0 Å². The Balaban J connectivity index is 2.00. The van der Waals surface area contributed by atoms with Crippen LogP contribution in [0.3, 0.4) is 0 Å². The van der Waals surface area contributed by atoms with Gasteiger partial charge in [-0.1, -0.05) is 12.1 Å². The lowest BCUT2D eigenvalue weighted by atomic mass is 10.1. The third-order valence-corrected chi connectivity index (χ3v) is 3.27. The zero-order valence-corrected chi connectivity index (χ0v) is 11.1. The summed E-state index contributed by atoms with van der Waals surface area (Å²) in [6, 6.07) is 7.61. The summed E-state index contributed by atoms with van der Waals surface area (Å²) in [6.45, 7) is 0. The minimum Gasteiger partial charge on any atom is -0.497 e. The van der Waals surface area contributed by atoms with Gasteiger partial charge in [-0.25, -0.2) is 18.5 Å². The number of aromatic amines is 1. The van der Waals surface area contributed by atoms with E-state index in [0.717, 1.165) is 11.3 Å². The van der Waals surface area contributed by atoms with E-state index in [1.54, 1.807) is 7.11 Å². The van der Waals surface area contributed by atoms with E-state index in [1.165, 1.54) is 0 Å². The molecule has 0 aliphatic rings. The summed E-state index contributed by atoms with van der Waals surface area (Å²) in [6.07, 6.45) is 1.26. The number of hydrogen-bond acceptors (Lipinski definition) is 5. The first-order valence-corrected chi connectivity index (χ1v) is 7.10. The molecular weight excluding hydrogens is 268 g/mol. The maximum absolute atomic E-state index is 11.0. The molecule has 0 aliphatic heterocycles. The number of nitrogens with one attached hydrogen (secondary N) is 1. The van der Waals surface area contributed by atoms with Crippen LogP contribution in [0.5, 0.6) is 5.75 Å². The Hall–Kier alpha value is -1.93. The Morgan fingerprint density at radius 3 is 2.47 bits per heavy atom. The van der Waals surface area contributed by atoms with Gasteiger partial charge in [-0.2, -0.15) is 0 Å². The first-order valence-electron chi connectivity index (χ1n) is 5.56. The van der Waals surface area contributed by atoms with Crippen LogP contribution in [0.15, 0.2) is 29.4 Å². The lowest BCUT2D eigenvalue weighted by Gasteiger charge is -2.01. The number of ether oxygens (including phenoxy) is 1. The van der Waals surface area contributed by atoms with Gasteiger partial charge in [0.05, 0.1) is 7.11 Å². The van der Waals surface area contributed by atoms with E-state index in [0.29, 0.717) is 18.7 Å². The van der Waals surface area contributed by atoms with E-state index < -0.39 is 10.0 Å². The summed E-state index contributed by atoms with van der Waals surface area (Å²) in [4.78, 5) is 3.83. The molecule has 0 unspecified atom stereocenters. The van der Waals surface area contributed by atoms with Crippen LogP contribution < -0.4 is 9.88 Å². The van der Waals surface area contributed by atoms with Gasteiger partial charge < -0.3 is 4.74 Å². The number of rotatable bonds is 5. The van der Waals surface area contributed by atoms with Crippen molar-refractivity contribution in [1.29, 1.82) is 0 Å². The normalized spacial score (nSPS) is 11.5. The average Bonchev–Trinajstić information content (AvgIpc) is 2.86. The van der Waals surface area contributed by atoms with Crippen molar-refractivity contribution in [2.24, 2.45) is 5.14 Å². The maximum atomic E-state index is 11.0. The second kappa shape index (κ2) is 5.37. The van der Waals surface area contributed by atoms with Gasteiger partial charge in [0, 0.05) is 6.42 Å². The minimum absolute atomic E-state index is 0.378. The Labute approximate surface area is 110 Å². The van der Waals surface area contributed by atoms with Crippen molar-refractivity contribution in [2.75, 3.05) is 7.11 Å². The number of benzene rings is 1. The Bertz CT molecular complexity index is 649. The zero-order valence-electron chi connectivity index (χ0n) is 10.3. The monoisotopic (exact) mass is 282 g/mol. The highest BCUT2D eigenvalue weighted by molar-refractivity contribution is 7.89. The molecule has 0 radical (unpaired) electrons. The number of aromatic nitrogens is 3. The van der Waals surface area contributed by atoms with Crippen LogP contribution in [0.25, 0.3) is 0 Å². The fourth-order valence-electron chi connectivity index (χ4n) is 1.57. The van der Waals surface area contributed by atoms with E-state index in [4.69, 9.17) is 9.88 Å². The lowest BCUT2D eigenvalue weighted by molar-refractivity contribution is 0.414. The van der Waals surface area contributed by atoms with E-state index in [1.807, 2.05) is 24.3 Å². The number of primary sulfonamides is 1. The summed E-state index contributed by atoms with van der Waals surface area (Å²) >= 11 is 0. The molecule has 7 nitrogen and oxygen atoms in total. The van der Waals surface area contributed by atoms with Crippen LogP contribution in [-0.4, -0.2) is 30.7 Å². The van der Waals surface area contributed by atoms with Crippen molar-refractivity contribution in [1.82, 2.24) is 15.2 Å². The summed E-state index contributed by atoms with van der Waals surface area (Å²) < 4.78 is 27.1. The van der Waals surface area contributed by atoms with Crippen molar-refractivity contribution in [3.8, 4) is 5.75 Å². The molecule has 1 aromatic carbocycles. The topological polar surface area (TPSA) is 111 Å². The van der Waals surface area contributed by atoms with Gasteiger partial charge >= 0.3 is 0 Å². The van der Waals surface area contributed by atoms with Gasteiger partial charge in [-0.3, -0.25) is 5.10 Å². The van der Waals surface area contributed by atoms with Crippen molar-refractivity contribution < 1.29 is 13.2 Å². The number of methoxy groups -OCH3 is 1. The van der Waals surface area contributed by atoms with Gasteiger partial charge in [-0.05, 0) is 24.1 Å². The van der Waals surface area contributed by atoms with E-state index in [9.17, 15) is 8.42 Å². The Morgan fingerprint density at radius 1 is 1.26 bits per heavy atom. The molecule has 1 heterocycles. The largest absolute Gasteiger partial charge is 0.497 e. The molecule has 19 heavy (non-hydrogen) atoms. The van der Waals surface area contributed by atoms with E-state index in [2.05, 4.69) is 15.2 Å².